The quantitative estimate of drug-likeness (QED) is 0.655. The van der Waals surface area contributed by atoms with E-state index in [0.29, 0.717) is 12.1 Å². The first-order valence-electron chi connectivity index (χ1n) is 5.88. The van der Waals surface area contributed by atoms with Crippen LogP contribution in [-0.2, 0) is 0 Å². The van der Waals surface area contributed by atoms with E-state index in [4.69, 9.17) is 0 Å². The Balaban J connectivity index is 2.75. The SMILES string of the molecule is C=CCC1C(C)N(C(=C)C)CCN1CC. The smallest absolute Gasteiger partial charge is 0.0417 e. The molecule has 0 aromatic heterocycles. The van der Waals surface area contributed by atoms with Crippen LogP contribution >= 0.6 is 0 Å². The summed E-state index contributed by atoms with van der Waals surface area (Å²) in [6, 6.07) is 1.15. The molecule has 0 saturated carbocycles. The van der Waals surface area contributed by atoms with Gasteiger partial charge < -0.3 is 4.90 Å². The summed E-state index contributed by atoms with van der Waals surface area (Å²) in [4.78, 5) is 4.96. The summed E-state index contributed by atoms with van der Waals surface area (Å²) < 4.78 is 0. The summed E-state index contributed by atoms with van der Waals surface area (Å²) in [7, 11) is 0. The molecule has 0 amide bonds. The van der Waals surface area contributed by atoms with Crippen LogP contribution in [0.4, 0.5) is 0 Å². The van der Waals surface area contributed by atoms with Gasteiger partial charge in [-0.05, 0) is 26.8 Å². The van der Waals surface area contributed by atoms with E-state index < -0.39 is 0 Å². The monoisotopic (exact) mass is 208 g/mol. The van der Waals surface area contributed by atoms with E-state index in [2.05, 4.69) is 43.7 Å². The maximum Gasteiger partial charge on any atom is 0.0417 e. The summed E-state index contributed by atoms with van der Waals surface area (Å²) >= 11 is 0. The normalized spacial score (nSPS) is 27.8. The molecule has 2 unspecified atom stereocenters. The summed E-state index contributed by atoms with van der Waals surface area (Å²) in [5.74, 6) is 0. The fourth-order valence-electron chi connectivity index (χ4n) is 2.57. The Hall–Kier alpha value is -0.760. The molecule has 0 aromatic rings. The standard InChI is InChI=1S/C13H24N2/c1-6-8-13-12(5)15(11(3)4)10-9-14(13)7-2/h6,12-13H,1,3,7-10H2,2,4-5H3. The van der Waals surface area contributed by atoms with E-state index in [1.54, 1.807) is 0 Å². The molecule has 2 atom stereocenters. The van der Waals surface area contributed by atoms with Gasteiger partial charge in [0.15, 0.2) is 0 Å². The second-order valence-corrected chi connectivity index (χ2v) is 4.39. The second-order valence-electron chi connectivity index (χ2n) is 4.39. The van der Waals surface area contributed by atoms with Gasteiger partial charge in [-0.1, -0.05) is 19.6 Å². The van der Waals surface area contributed by atoms with Crippen LogP contribution in [0.15, 0.2) is 24.9 Å². The van der Waals surface area contributed by atoms with Gasteiger partial charge in [0, 0.05) is 30.9 Å². The molecule has 0 aliphatic carbocycles. The minimum atomic E-state index is 0.550. The molecule has 1 aliphatic heterocycles. The fraction of sp³-hybridized carbons (Fsp3) is 0.692. The van der Waals surface area contributed by atoms with Gasteiger partial charge in [-0.25, -0.2) is 0 Å². The first kappa shape index (κ1) is 12.3. The number of allylic oxidation sites excluding steroid dienone is 1. The average molecular weight is 208 g/mol. The molecule has 1 aliphatic rings. The van der Waals surface area contributed by atoms with Crippen molar-refractivity contribution in [1.29, 1.82) is 0 Å². The van der Waals surface area contributed by atoms with Crippen LogP contribution in [0, 0.1) is 0 Å². The van der Waals surface area contributed by atoms with Crippen LogP contribution in [0.2, 0.25) is 0 Å². The molecular weight excluding hydrogens is 184 g/mol. The van der Waals surface area contributed by atoms with Crippen molar-refractivity contribution in [2.24, 2.45) is 0 Å². The van der Waals surface area contributed by atoms with Gasteiger partial charge in [-0.15, -0.1) is 6.58 Å². The molecule has 1 heterocycles. The molecule has 0 aromatic carbocycles. The largest absolute Gasteiger partial charge is 0.370 e. The van der Waals surface area contributed by atoms with Gasteiger partial charge in [0.05, 0.1) is 0 Å². The van der Waals surface area contributed by atoms with Crippen molar-refractivity contribution in [3.05, 3.63) is 24.9 Å². The molecule has 86 valence electrons. The van der Waals surface area contributed by atoms with Crippen molar-refractivity contribution in [2.45, 2.75) is 39.3 Å². The molecule has 0 spiro atoms. The van der Waals surface area contributed by atoms with Crippen LogP contribution in [0.3, 0.4) is 0 Å². The van der Waals surface area contributed by atoms with Crippen molar-refractivity contribution < 1.29 is 0 Å². The summed E-state index contributed by atoms with van der Waals surface area (Å²) in [5, 5.41) is 0. The topological polar surface area (TPSA) is 6.48 Å². The van der Waals surface area contributed by atoms with E-state index >= 15 is 0 Å². The molecular formula is C13H24N2. The second kappa shape index (κ2) is 5.36. The minimum Gasteiger partial charge on any atom is -0.370 e. The Bertz CT molecular complexity index is 235. The Kier molecular flexibility index (Phi) is 4.40. The molecule has 0 bridgehead atoms. The van der Waals surface area contributed by atoms with Crippen LogP contribution in [0.25, 0.3) is 0 Å². The third-order valence-corrected chi connectivity index (χ3v) is 3.45. The highest BCUT2D eigenvalue weighted by molar-refractivity contribution is 5.00. The summed E-state index contributed by atoms with van der Waals surface area (Å²) in [5.41, 5.74) is 1.19. The van der Waals surface area contributed by atoms with E-state index in [0.717, 1.165) is 26.1 Å². The van der Waals surface area contributed by atoms with Crippen molar-refractivity contribution in [2.75, 3.05) is 19.6 Å². The zero-order valence-electron chi connectivity index (χ0n) is 10.4. The van der Waals surface area contributed by atoms with Crippen molar-refractivity contribution in [3.63, 3.8) is 0 Å². The lowest BCUT2D eigenvalue weighted by Crippen LogP contribution is -2.57. The van der Waals surface area contributed by atoms with E-state index in [1.165, 1.54) is 5.70 Å². The molecule has 2 heteroatoms. The summed E-state index contributed by atoms with van der Waals surface area (Å²) in [6.45, 7) is 17.9. The zero-order chi connectivity index (χ0) is 11.4. The molecule has 1 rings (SSSR count). The average Bonchev–Trinajstić information content (AvgIpc) is 2.20. The van der Waals surface area contributed by atoms with Gasteiger partial charge in [-0.3, -0.25) is 4.90 Å². The number of piperazine rings is 1. The van der Waals surface area contributed by atoms with Crippen molar-refractivity contribution in [1.82, 2.24) is 9.80 Å². The molecule has 1 fully saturated rings. The fourth-order valence-corrected chi connectivity index (χ4v) is 2.57. The van der Waals surface area contributed by atoms with Gasteiger partial charge in [0.2, 0.25) is 0 Å². The van der Waals surface area contributed by atoms with Gasteiger partial charge in [-0.2, -0.15) is 0 Å². The van der Waals surface area contributed by atoms with Crippen LogP contribution in [-0.4, -0.2) is 41.5 Å². The first-order chi connectivity index (χ1) is 7.11. The van der Waals surface area contributed by atoms with Crippen molar-refractivity contribution >= 4 is 0 Å². The highest BCUT2D eigenvalue weighted by Crippen LogP contribution is 2.22. The lowest BCUT2D eigenvalue weighted by Gasteiger charge is -2.47. The Labute approximate surface area is 94.3 Å². The number of nitrogens with zero attached hydrogens (tertiary/aromatic N) is 2. The number of likely N-dealkylation sites (N-methyl/N-ethyl adjacent to an activating group) is 1. The van der Waals surface area contributed by atoms with Crippen LogP contribution < -0.4 is 0 Å². The zero-order valence-corrected chi connectivity index (χ0v) is 10.4. The minimum absolute atomic E-state index is 0.550. The lowest BCUT2D eigenvalue weighted by atomic mass is 9.99. The maximum absolute atomic E-state index is 4.06. The first-order valence-corrected chi connectivity index (χ1v) is 5.88. The van der Waals surface area contributed by atoms with E-state index in [-0.39, 0.29) is 0 Å². The lowest BCUT2D eigenvalue weighted by molar-refractivity contribution is 0.0536. The molecule has 0 N–H and O–H groups in total. The highest BCUT2D eigenvalue weighted by Gasteiger charge is 2.31. The van der Waals surface area contributed by atoms with Gasteiger partial charge in [0.25, 0.3) is 0 Å². The summed E-state index contributed by atoms with van der Waals surface area (Å²) in [6.07, 6.45) is 3.10. The number of hydrogen-bond donors (Lipinski definition) is 0. The molecule has 1 saturated heterocycles. The molecule has 0 radical (unpaired) electrons. The number of hydrogen-bond acceptors (Lipinski definition) is 2. The van der Waals surface area contributed by atoms with Crippen LogP contribution in [0.1, 0.15) is 27.2 Å². The number of rotatable bonds is 4. The van der Waals surface area contributed by atoms with E-state index in [1.807, 2.05) is 6.08 Å². The van der Waals surface area contributed by atoms with E-state index in [9.17, 15) is 0 Å². The Morgan fingerprint density at radius 3 is 2.60 bits per heavy atom. The third kappa shape index (κ3) is 2.63. The third-order valence-electron chi connectivity index (χ3n) is 3.45. The van der Waals surface area contributed by atoms with Gasteiger partial charge in [0.1, 0.15) is 0 Å². The Morgan fingerprint density at radius 1 is 1.47 bits per heavy atom. The van der Waals surface area contributed by atoms with Crippen molar-refractivity contribution in [3.8, 4) is 0 Å². The Morgan fingerprint density at radius 2 is 2.13 bits per heavy atom. The predicted octanol–water partition coefficient (Wildman–Crippen LogP) is 2.49. The van der Waals surface area contributed by atoms with Gasteiger partial charge >= 0.3 is 0 Å². The maximum atomic E-state index is 4.06. The highest BCUT2D eigenvalue weighted by atomic mass is 15.3. The molecule has 2 nitrogen and oxygen atoms in total. The van der Waals surface area contributed by atoms with Crippen LogP contribution in [0.5, 0.6) is 0 Å². The predicted molar refractivity (Wildman–Crippen MR) is 66.8 cm³/mol. The molecule has 15 heavy (non-hydrogen) atoms.